The van der Waals surface area contributed by atoms with E-state index in [1.54, 1.807) is 11.5 Å². The number of carbonyl (C=O) groups excluding carboxylic acids is 1. The van der Waals surface area contributed by atoms with Crippen molar-refractivity contribution in [3.63, 3.8) is 0 Å². The second kappa shape index (κ2) is 9.37. The zero-order valence-corrected chi connectivity index (χ0v) is 17.3. The lowest BCUT2D eigenvalue weighted by atomic mass is 10.2. The highest BCUT2D eigenvalue weighted by atomic mass is 16.2. The van der Waals surface area contributed by atoms with Crippen LogP contribution in [0.1, 0.15) is 39.7 Å². The fourth-order valence-corrected chi connectivity index (χ4v) is 3.48. The third kappa shape index (κ3) is 4.47. The smallest absolute Gasteiger partial charge is 0.294 e. The zero-order chi connectivity index (χ0) is 20.8. The number of anilines is 2. The van der Waals surface area contributed by atoms with E-state index in [-0.39, 0.29) is 11.5 Å². The van der Waals surface area contributed by atoms with Gasteiger partial charge in [-0.2, -0.15) is 0 Å². The van der Waals surface area contributed by atoms with Crippen LogP contribution in [0.2, 0.25) is 0 Å². The molecule has 0 radical (unpaired) electrons. The molecule has 1 N–H and O–H groups in total. The molecule has 0 aliphatic rings. The maximum atomic E-state index is 13.5. The molecule has 2 aromatic carbocycles. The number of fused-ring (bicyclic) bond motifs is 1. The summed E-state index contributed by atoms with van der Waals surface area (Å²) in [6.45, 7) is 7.41. The molecule has 1 heterocycles. The summed E-state index contributed by atoms with van der Waals surface area (Å²) in [5, 5.41) is 2.90. The van der Waals surface area contributed by atoms with Gasteiger partial charge >= 0.3 is 0 Å². The number of para-hydroxylation sites is 3. The van der Waals surface area contributed by atoms with Crippen LogP contribution in [0.3, 0.4) is 0 Å². The quantitative estimate of drug-likeness (QED) is 0.623. The van der Waals surface area contributed by atoms with Crippen molar-refractivity contribution >= 4 is 28.4 Å². The van der Waals surface area contributed by atoms with Gasteiger partial charge in [-0.25, -0.2) is 4.98 Å². The first-order valence-corrected chi connectivity index (χ1v) is 10.2. The van der Waals surface area contributed by atoms with Crippen molar-refractivity contribution in [3.05, 3.63) is 65.0 Å². The van der Waals surface area contributed by atoms with Gasteiger partial charge in [-0.15, -0.1) is 0 Å². The molecule has 29 heavy (non-hydrogen) atoms. The minimum atomic E-state index is -0.681. The van der Waals surface area contributed by atoms with E-state index in [1.807, 2.05) is 59.5 Å². The van der Waals surface area contributed by atoms with Crippen molar-refractivity contribution in [3.8, 4) is 0 Å². The Bertz CT molecular complexity index is 1020. The third-order valence-corrected chi connectivity index (χ3v) is 4.87. The molecule has 6 heteroatoms. The summed E-state index contributed by atoms with van der Waals surface area (Å²) in [6.07, 6.45) is 1.83. The summed E-state index contributed by atoms with van der Waals surface area (Å²) in [7, 11) is 0. The molecule has 0 saturated carbocycles. The van der Waals surface area contributed by atoms with Gasteiger partial charge in [0.1, 0.15) is 6.04 Å². The summed E-state index contributed by atoms with van der Waals surface area (Å²) >= 11 is 0. The molecule has 1 amide bonds. The molecule has 0 fully saturated rings. The number of nitrogens with zero attached hydrogens (tertiary/aromatic N) is 3. The van der Waals surface area contributed by atoms with Gasteiger partial charge in [0.05, 0.1) is 11.0 Å². The minimum absolute atomic E-state index is 0.235. The Balaban J connectivity index is 2.08. The molecular weight excluding hydrogens is 364 g/mol. The monoisotopic (exact) mass is 392 g/mol. The van der Waals surface area contributed by atoms with E-state index in [0.29, 0.717) is 22.5 Å². The van der Waals surface area contributed by atoms with E-state index in [4.69, 9.17) is 0 Å². The standard InChI is InChI=1S/C23H28N4O2/c1-4-15-26(16-5-2)21-23(29)27(20-14-10-9-13-19(20)25-21)17(3)22(28)24-18-11-7-6-8-12-18/h6-14,17H,4-5,15-16H2,1-3H3,(H,24,28). The van der Waals surface area contributed by atoms with Crippen LogP contribution in [-0.2, 0) is 4.79 Å². The predicted octanol–water partition coefficient (Wildman–Crippen LogP) is 4.22. The van der Waals surface area contributed by atoms with Crippen molar-refractivity contribution in [1.82, 2.24) is 9.55 Å². The SMILES string of the molecule is CCCN(CCC)c1nc2ccccc2n(C(C)C(=O)Nc2ccccc2)c1=O. The number of carbonyl (C=O) groups is 1. The van der Waals surface area contributed by atoms with Gasteiger partial charge in [-0.05, 0) is 44.0 Å². The predicted molar refractivity (Wildman–Crippen MR) is 119 cm³/mol. The van der Waals surface area contributed by atoms with E-state index in [0.717, 1.165) is 25.9 Å². The average molecular weight is 393 g/mol. The van der Waals surface area contributed by atoms with Crippen molar-refractivity contribution in [2.24, 2.45) is 0 Å². The van der Waals surface area contributed by atoms with Crippen LogP contribution in [0, 0.1) is 0 Å². The Morgan fingerprint density at radius 1 is 1.03 bits per heavy atom. The molecule has 0 saturated heterocycles. The minimum Gasteiger partial charge on any atom is -0.352 e. The maximum absolute atomic E-state index is 13.5. The molecule has 0 aliphatic carbocycles. The molecule has 3 rings (SSSR count). The van der Waals surface area contributed by atoms with E-state index in [9.17, 15) is 9.59 Å². The first kappa shape index (κ1) is 20.6. The molecular formula is C23H28N4O2. The molecule has 0 aliphatic heterocycles. The van der Waals surface area contributed by atoms with Crippen LogP contribution >= 0.6 is 0 Å². The van der Waals surface area contributed by atoms with Crippen LogP contribution < -0.4 is 15.8 Å². The molecule has 1 aromatic heterocycles. The van der Waals surface area contributed by atoms with Crippen LogP contribution in [0.25, 0.3) is 11.0 Å². The number of hydrogen-bond donors (Lipinski definition) is 1. The lowest BCUT2D eigenvalue weighted by Gasteiger charge is -2.25. The Morgan fingerprint density at radius 2 is 1.66 bits per heavy atom. The molecule has 6 nitrogen and oxygen atoms in total. The van der Waals surface area contributed by atoms with Crippen LogP contribution in [0.4, 0.5) is 11.5 Å². The topological polar surface area (TPSA) is 67.2 Å². The van der Waals surface area contributed by atoms with Crippen molar-refractivity contribution in [2.45, 2.75) is 39.7 Å². The highest BCUT2D eigenvalue weighted by Gasteiger charge is 2.23. The van der Waals surface area contributed by atoms with Gasteiger partial charge in [0.15, 0.2) is 5.82 Å². The Kier molecular flexibility index (Phi) is 6.65. The van der Waals surface area contributed by atoms with Crippen LogP contribution in [0.15, 0.2) is 59.4 Å². The summed E-state index contributed by atoms with van der Waals surface area (Å²) in [6, 6.07) is 16.1. The van der Waals surface area contributed by atoms with Crippen molar-refractivity contribution < 1.29 is 4.79 Å². The number of nitrogens with one attached hydrogen (secondary N) is 1. The van der Waals surface area contributed by atoms with Crippen LogP contribution in [-0.4, -0.2) is 28.5 Å². The highest BCUT2D eigenvalue weighted by molar-refractivity contribution is 5.94. The average Bonchev–Trinajstić information content (AvgIpc) is 2.73. The number of hydrogen-bond acceptors (Lipinski definition) is 4. The zero-order valence-electron chi connectivity index (χ0n) is 17.3. The van der Waals surface area contributed by atoms with Crippen LogP contribution in [0.5, 0.6) is 0 Å². The molecule has 0 bridgehead atoms. The van der Waals surface area contributed by atoms with E-state index in [2.05, 4.69) is 24.1 Å². The first-order chi connectivity index (χ1) is 14.1. The Morgan fingerprint density at radius 3 is 2.31 bits per heavy atom. The maximum Gasteiger partial charge on any atom is 0.294 e. The largest absolute Gasteiger partial charge is 0.352 e. The number of rotatable bonds is 8. The van der Waals surface area contributed by atoms with E-state index in [1.165, 1.54) is 0 Å². The summed E-state index contributed by atoms with van der Waals surface area (Å²) in [5.74, 6) is 0.171. The van der Waals surface area contributed by atoms with Crippen molar-refractivity contribution in [1.29, 1.82) is 0 Å². The fourth-order valence-electron chi connectivity index (χ4n) is 3.48. The lowest BCUT2D eigenvalue weighted by molar-refractivity contribution is -0.118. The van der Waals surface area contributed by atoms with Gasteiger partial charge in [-0.1, -0.05) is 44.2 Å². The van der Waals surface area contributed by atoms with Gasteiger partial charge in [0, 0.05) is 18.8 Å². The van der Waals surface area contributed by atoms with Crippen molar-refractivity contribution in [2.75, 3.05) is 23.3 Å². The van der Waals surface area contributed by atoms with Gasteiger partial charge in [0.2, 0.25) is 5.91 Å². The van der Waals surface area contributed by atoms with Gasteiger partial charge < -0.3 is 10.2 Å². The fraction of sp³-hybridized carbons (Fsp3) is 0.348. The molecule has 3 aromatic rings. The first-order valence-electron chi connectivity index (χ1n) is 10.2. The lowest BCUT2D eigenvalue weighted by Crippen LogP contribution is -2.38. The molecule has 1 atom stereocenters. The number of benzene rings is 2. The van der Waals surface area contributed by atoms with E-state index >= 15 is 0 Å². The normalized spacial score (nSPS) is 12.0. The number of amides is 1. The molecule has 0 spiro atoms. The highest BCUT2D eigenvalue weighted by Crippen LogP contribution is 2.20. The van der Waals surface area contributed by atoms with Gasteiger partial charge in [0.25, 0.3) is 5.56 Å². The Labute approximate surface area is 171 Å². The van der Waals surface area contributed by atoms with E-state index < -0.39 is 6.04 Å². The third-order valence-electron chi connectivity index (χ3n) is 4.87. The second-order valence-electron chi connectivity index (χ2n) is 7.12. The summed E-state index contributed by atoms with van der Waals surface area (Å²) in [5.41, 5.74) is 1.83. The number of aromatic nitrogens is 2. The molecule has 1 unspecified atom stereocenters. The Hall–Kier alpha value is -3.15. The van der Waals surface area contributed by atoms with Gasteiger partial charge in [-0.3, -0.25) is 14.2 Å². The molecule has 152 valence electrons. The summed E-state index contributed by atoms with van der Waals surface area (Å²) < 4.78 is 1.56. The second-order valence-corrected chi connectivity index (χ2v) is 7.12. The summed E-state index contributed by atoms with van der Waals surface area (Å²) in [4.78, 5) is 33.1.